The molecule has 2 aromatic rings. The van der Waals surface area contributed by atoms with Gasteiger partial charge in [-0.1, -0.05) is 0 Å². The molecule has 2 rings (SSSR count). The minimum absolute atomic E-state index is 0.00566. The fourth-order valence-electron chi connectivity index (χ4n) is 1.38. The van der Waals surface area contributed by atoms with Crippen LogP contribution in [0, 0.1) is 26.8 Å². The van der Waals surface area contributed by atoms with Crippen LogP contribution in [0.15, 0.2) is 30.3 Å². The second-order valence-electron chi connectivity index (χ2n) is 3.69. The van der Waals surface area contributed by atoms with E-state index in [1.165, 1.54) is 12.1 Å². The molecule has 0 heterocycles. The van der Waals surface area contributed by atoms with Crippen molar-refractivity contribution in [2.24, 2.45) is 0 Å². The van der Waals surface area contributed by atoms with Gasteiger partial charge in [-0.25, -0.2) is 13.6 Å². The van der Waals surface area contributed by atoms with Gasteiger partial charge in [-0.3, -0.25) is 0 Å². The highest BCUT2D eigenvalue weighted by Crippen LogP contribution is 2.27. The number of esters is 1. The van der Waals surface area contributed by atoms with Crippen LogP contribution in [0.5, 0.6) is 5.75 Å². The standard InChI is InChI=1S/C13H5F4IO2/c14-8-5-9(15)11(17)12(10(8)16)20-13(19)6-1-3-7(18)4-2-6/h1-5H. The van der Waals surface area contributed by atoms with Gasteiger partial charge >= 0.3 is 5.97 Å². The molecule has 0 amide bonds. The minimum atomic E-state index is -1.76. The largest absolute Gasteiger partial charge is 0.416 e. The first-order valence-electron chi connectivity index (χ1n) is 5.21. The SMILES string of the molecule is O=C(Oc1c(F)c(F)cc(F)c1F)c1ccc(I)cc1. The highest BCUT2D eigenvalue weighted by atomic mass is 127. The Morgan fingerprint density at radius 2 is 1.45 bits per heavy atom. The minimum Gasteiger partial charge on any atom is -0.416 e. The van der Waals surface area contributed by atoms with Gasteiger partial charge in [0.25, 0.3) is 0 Å². The number of carbonyl (C=O) groups excluding carboxylic acids is 1. The molecule has 0 atom stereocenters. The second-order valence-corrected chi connectivity index (χ2v) is 4.94. The van der Waals surface area contributed by atoms with E-state index in [1.807, 2.05) is 22.6 Å². The van der Waals surface area contributed by atoms with E-state index in [0.29, 0.717) is 0 Å². The Morgan fingerprint density at radius 1 is 0.950 bits per heavy atom. The fourth-order valence-corrected chi connectivity index (χ4v) is 1.74. The summed E-state index contributed by atoms with van der Waals surface area (Å²) in [5.41, 5.74) is -0.00566. The average molecular weight is 396 g/mol. The number of hydrogen-bond donors (Lipinski definition) is 0. The Balaban J connectivity index is 2.35. The summed E-state index contributed by atoms with van der Waals surface area (Å²) in [4.78, 5) is 11.6. The molecule has 0 saturated carbocycles. The lowest BCUT2D eigenvalue weighted by atomic mass is 10.2. The molecule has 0 N–H and O–H groups in total. The summed E-state index contributed by atoms with van der Waals surface area (Å²) in [5.74, 6) is -9.33. The maximum absolute atomic E-state index is 13.3. The summed E-state index contributed by atoms with van der Waals surface area (Å²) in [6.07, 6.45) is 0. The topological polar surface area (TPSA) is 26.3 Å². The molecule has 0 saturated heterocycles. The number of carbonyl (C=O) groups is 1. The Kier molecular flexibility index (Phi) is 4.26. The molecule has 0 aliphatic heterocycles. The number of benzene rings is 2. The van der Waals surface area contributed by atoms with Gasteiger partial charge in [0.2, 0.25) is 17.4 Å². The zero-order valence-corrected chi connectivity index (χ0v) is 11.8. The molecule has 7 heteroatoms. The van der Waals surface area contributed by atoms with Crippen molar-refractivity contribution in [3.63, 3.8) is 0 Å². The maximum atomic E-state index is 13.3. The van der Waals surface area contributed by atoms with Crippen LogP contribution in [0.4, 0.5) is 17.6 Å². The zero-order valence-electron chi connectivity index (χ0n) is 9.59. The number of hydrogen-bond acceptors (Lipinski definition) is 2. The molecule has 0 bridgehead atoms. The van der Waals surface area contributed by atoms with E-state index < -0.39 is 35.0 Å². The van der Waals surface area contributed by atoms with Crippen molar-refractivity contribution in [1.29, 1.82) is 0 Å². The van der Waals surface area contributed by atoms with E-state index >= 15 is 0 Å². The van der Waals surface area contributed by atoms with Gasteiger partial charge in [0.1, 0.15) is 0 Å². The Hall–Kier alpha value is -1.64. The first kappa shape index (κ1) is 14.8. The van der Waals surface area contributed by atoms with Gasteiger partial charge < -0.3 is 4.74 Å². The fraction of sp³-hybridized carbons (Fsp3) is 0. The van der Waals surface area contributed by atoms with Crippen LogP contribution in [0.1, 0.15) is 10.4 Å². The second kappa shape index (κ2) is 5.78. The number of ether oxygens (including phenoxy) is 1. The highest BCUT2D eigenvalue weighted by Gasteiger charge is 2.23. The van der Waals surface area contributed by atoms with Crippen LogP contribution in [0.3, 0.4) is 0 Å². The van der Waals surface area contributed by atoms with E-state index in [4.69, 9.17) is 0 Å². The normalized spacial score (nSPS) is 10.4. The van der Waals surface area contributed by atoms with Crippen LogP contribution < -0.4 is 4.74 Å². The van der Waals surface area contributed by atoms with Gasteiger partial charge in [-0.15, -0.1) is 0 Å². The van der Waals surface area contributed by atoms with Gasteiger partial charge in [-0.05, 0) is 46.9 Å². The van der Waals surface area contributed by atoms with Crippen LogP contribution in [-0.4, -0.2) is 5.97 Å². The summed E-state index contributed by atoms with van der Waals surface area (Å²) in [6, 6.07) is 5.88. The van der Waals surface area contributed by atoms with Crippen molar-refractivity contribution >= 4 is 28.6 Å². The molecule has 0 unspecified atom stereocenters. The first-order chi connectivity index (χ1) is 9.40. The quantitative estimate of drug-likeness (QED) is 0.252. The monoisotopic (exact) mass is 396 g/mol. The predicted octanol–water partition coefficient (Wildman–Crippen LogP) is 4.07. The van der Waals surface area contributed by atoms with E-state index in [1.54, 1.807) is 12.1 Å². The van der Waals surface area contributed by atoms with Crippen molar-refractivity contribution in [2.75, 3.05) is 0 Å². The van der Waals surface area contributed by atoms with Crippen LogP contribution in [-0.2, 0) is 0 Å². The van der Waals surface area contributed by atoms with E-state index in [9.17, 15) is 22.4 Å². The molecule has 2 nitrogen and oxygen atoms in total. The molecule has 0 fully saturated rings. The zero-order chi connectivity index (χ0) is 14.9. The summed E-state index contributed by atoms with van der Waals surface area (Å²) < 4.78 is 57.8. The van der Waals surface area contributed by atoms with Crippen molar-refractivity contribution in [3.8, 4) is 5.75 Å². The number of halogens is 5. The first-order valence-corrected chi connectivity index (χ1v) is 6.28. The maximum Gasteiger partial charge on any atom is 0.343 e. The van der Waals surface area contributed by atoms with Crippen LogP contribution in [0.2, 0.25) is 0 Å². The molecule has 0 radical (unpaired) electrons. The smallest absolute Gasteiger partial charge is 0.343 e. The third-order valence-electron chi connectivity index (χ3n) is 2.35. The van der Waals surface area contributed by atoms with Crippen LogP contribution in [0.25, 0.3) is 0 Å². The molecule has 0 spiro atoms. The highest BCUT2D eigenvalue weighted by molar-refractivity contribution is 14.1. The molecule has 104 valence electrons. The lowest BCUT2D eigenvalue weighted by Gasteiger charge is -2.07. The summed E-state index contributed by atoms with van der Waals surface area (Å²) >= 11 is 1.99. The Labute approximate surface area is 124 Å². The lowest BCUT2D eigenvalue weighted by molar-refractivity contribution is 0.0717. The summed E-state index contributed by atoms with van der Waals surface area (Å²) in [7, 11) is 0. The molecule has 20 heavy (non-hydrogen) atoms. The predicted molar refractivity (Wildman–Crippen MR) is 70.4 cm³/mol. The van der Waals surface area contributed by atoms with Crippen molar-refractivity contribution in [1.82, 2.24) is 0 Å². The molecule has 0 aliphatic rings. The molecule has 2 aromatic carbocycles. The Morgan fingerprint density at radius 3 is 1.95 bits per heavy atom. The Bertz CT molecular complexity index is 645. The van der Waals surface area contributed by atoms with Crippen LogP contribution >= 0.6 is 22.6 Å². The van der Waals surface area contributed by atoms with Gasteiger partial charge in [0.15, 0.2) is 11.6 Å². The molecule has 0 aliphatic carbocycles. The van der Waals surface area contributed by atoms with Crippen molar-refractivity contribution < 1.29 is 27.1 Å². The molecule has 0 aromatic heterocycles. The van der Waals surface area contributed by atoms with Crippen molar-refractivity contribution in [2.45, 2.75) is 0 Å². The van der Waals surface area contributed by atoms with Gasteiger partial charge in [-0.2, -0.15) is 8.78 Å². The molecular formula is C13H5F4IO2. The van der Waals surface area contributed by atoms with E-state index in [2.05, 4.69) is 4.74 Å². The third-order valence-corrected chi connectivity index (χ3v) is 3.07. The van der Waals surface area contributed by atoms with Gasteiger partial charge in [0.05, 0.1) is 5.56 Å². The van der Waals surface area contributed by atoms with Gasteiger partial charge in [0, 0.05) is 9.64 Å². The van der Waals surface area contributed by atoms with E-state index in [0.717, 1.165) is 3.57 Å². The van der Waals surface area contributed by atoms with Crippen molar-refractivity contribution in [3.05, 3.63) is 62.7 Å². The molecular weight excluding hydrogens is 391 g/mol. The third kappa shape index (κ3) is 2.92. The number of rotatable bonds is 2. The van der Waals surface area contributed by atoms with E-state index in [-0.39, 0.29) is 11.6 Å². The average Bonchev–Trinajstić information content (AvgIpc) is 2.42. The summed E-state index contributed by atoms with van der Waals surface area (Å²) in [5, 5.41) is 0. The lowest BCUT2D eigenvalue weighted by Crippen LogP contribution is -2.12. The summed E-state index contributed by atoms with van der Waals surface area (Å²) in [6.45, 7) is 0.